The lowest BCUT2D eigenvalue weighted by atomic mass is 10.1. The van der Waals surface area contributed by atoms with Gasteiger partial charge in [0.15, 0.2) is 0 Å². The van der Waals surface area contributed by atoms with E-state index in [1.54, 1.807) is 35.2 Å². The lowest BCUT2D eigenvalue weighted by Crippen LogP contribution is -2.32. The summed E-state index contributed by atoms with van der Waals surface area (Å²) in [5.41, 5.74) is 2.31. The molecule has 2 heterocycles. The van der Waals surface area contributed by atoms with E-state index in [9.17, 15) is 9.59 Å². The third-order valence-corrected chi connectivity index (χ3v) is 4.88. The lowest BCUT2D eigenvalue weighted by Gasteiger charge is -2.18. The molecular weight excluding hydrogens is 380 g/mol. The number of carbonyl (C=O) groups is 2. The molecule has 0 spiro atoms. The number of nitrogens with zero attached hydrogens (tertiary/aromatic N) is 3. The maximum absolute atomic E-state index is 12.8. The molecule has 3 amide bonds. The van der Waals surface area contributed by atoms with Crippen molar-refractivity contribution in [3.8, 4) is 5.75 Å². The molecular formula is C23H22N4O3. The first kappa shape index (κ1) is 19.4. The van der Waals surface area contributed by atoms with Crippen molar-refractivity contribution in [1.82, 2.24) is 4.98 Å². The quantitative estimate of drug-likeness (QED) is 0.682. The number of carbonyl (C=O) groups excluding carboxylic acids is 2. The average Bonchev–Trinajstić information content (AvgIpc) is 3.16. The number of para-hydroxylation sites is 1. The molecule has 0 radical (unpaired) electrons. The number of rotatable bonds is 6. The van der Waals surface area contributed by atoms with Crippen molar-refractivity contribution in [3.05, 3.63) is 78.5 Å². The Balaban J connectivity index is 1.38. The van der Waals surface area contributed by atoms with E-state index < -0.39 is 0 Å². The van der Waals surface area contributed by atoms with Crippen LogP contribution in [0.3, 0.4) is 0 Å². The van der Waals surface area contributed by atoms with Gasteiger partial charge in [-0.1, -0.05) is 30.3 Å². The minimum absolute atomic E-state index is 0.108. The number of amides is 3. The number of nitrogens with one attached hydrogen (secondary N) is 1. The number of hydrogen-bond donors (Lipinski definition) is 1. The van der Waals surface area contributed by atoms with Crippen molar-refractivity contribution >= 4 is 29.1 Å². The largest absolute Gasteiger partial charge is 0.497 e. The van der Waals surface area contributed by atoms with Gasteiger partial charge in [-0.25, -0.2) is 9.78 Å². The predicted octanol–water partition coefficient (Wildman–Crippen LogP) is 3.72. The minimum Gasteiger partial charge on any atom is -0.497 e. The summed E-state index contributed by atoms with van der Waals surface area (Å²) >= 11 is 0. The summed E-state index contributed by atoms with van der Waals surface area (Å²) < 4.78 is 5.18. The Labute approximate surface area is 174 Å². The topological polar surface area (TPSA) is 74.8 Å². The smallest absolute Gasteiger partial charge is 0.330 e. The molecule has 0 bridgehead atoms. The molecule has 1 fully saturated rings. The maximum Gasteiger partial charge on any atom is 0.330 e. The molecule has 7 nitrogen and oxygen atoms in total. The first-order chi connectivity index (χ1) is 14.6. The van der Waals surface area contributed by atoms with Crippen LogP contribution in [0, 0.1) is 0 Å². The molecule has 152 valence electrons. The normalized spacial score (nSPS) is 13.4. The zero-order chi connectivity index (χ0) is 20.9. The molecule has 1 N–H and O–H groups in total. The Morgan fingerprint density at radius 1 is 1.03 bits per heavy atom. The van der Waals surface area contributed by atoms with Gasteiger partial charge in [0.05, 0.1) is 25.4 Å². The van der Waals surface area contributed by atoms with E-state index in [2.05, 4.69) is 10.3 Å². The highest BCUT2D eigenvalue weighted by molar-refractivity contribution is 6.05. The van der Waals surface area contributed by atoms with Gasteiger partial charge < -0.3 is 10.1 Å². The Kier molecular flexibility index (Phi) is 5.61. The number of pyridine rings is 1. The fourth-order valence-corrected chi connectivity index (χ4v) is 3.39. The number of aromatic nitrogens is 1. The number of urea groups is 1. The summed E-state index contributed by atoms with van der Waals surface area (Å²) in [5, 5.41) is 2.84. The van der Waals surface area contributed by atoms with Crippen molar-refractivity contribution < 1.29 is 14.3 Å². The van der Waals surface area contributed by atoms with Gasteiger partial charge in [0, 0.05) is 18.8 Å². The fraction of sp³-hybridized carbons (Fsp3) is 0.174. The third kappa shape index (κ3) is 4.25. The van der Waals surface area contributed by atoms with Crippen LogP contribution in [0.1, 0.15) is 5.56 Å². The molecule has 0 unspecified atom stereocenters. The highest BCUT2D eigenvalue weighted by Crippen LogP contribution is 2.24. The van der Waals surface area contributed by atoms with Gasteiger partial charge in [-0.15, -0.1) is 0 Å². The van der Waals surface area contributed by atoms with Crippen LogP contribution in [0.25, 0.3) is 0 Å². The second-order valence-corrected chi connectivity index (χ2v) is 6.90. The molecule has 30 heavy (non-hydrogen) atoms. The van der Waals surface area contributed by atoms with Crippen LogP contribution in [0.5, 0.6) is 5.75 Å². The first-order valence-corrected chi connectivity index (χ1v) is 9.67. The molecule has 2 aromatic carbocycles. The predicted molar refractivity (Wildman–Crippen MR) is 116 cm³/mol. The van der Waals surface area contributed by atoms with Crippen LogP contribution >= 0.6 is 0 Å². The highest BCUT2D eigenvalue weighted by Gasteiger charge is 2.31. The van der Waals surface area contributed by atoms with E-state index in [4.69, 9.17) is 4.74 Å². The second kappa shape index (κ2) is 8.65. The van der Waals surface area contributed by atoms with Gasteiger partial charge >= 0.3 is 6.03 Å². The van der Waals surface area contributed by atoms with E-state index in [1.165, 1.54) is 0 Å². The first-order valence-electron chi connectivity index (χ1n) is 9.67. The molecule has 1 aliphatic heterocycles. The number of benzene rings is 2. The average molecular weight is 402 g/mol. The second-order valence-electron chi connectivity index (χ2n) is 6.90. The van der Waals surface area contributed by atoms with Crippen molar-refractivity contribution in [3.63, 3.8) is 0 Å². The number of methoxy groups -OCH3 is 1. The van der Waals surface area contributed by atoms with Gasteiger partial charge in [0.2, 0.25) is 5.91 Å². The summed E-state index contributed by atoms with van der Waals surface area (Å²) in [6.07, 6.45) is 1.80. The molecule has 0 saturated carbocycles. The van der Waals surface area contributed by atoms with E-state index >= 15 is 0 Å². The zero-order valence-electron chi connectivity index (χ0n) is 16.6. The fourth-order valence-electron chi connectivity index (χ4n) is 3.39. The number of ether oxygens (including phenoxy) is 1. The molecule has 7 heteroatoms. The number of hydrogen-bond acceptors (Lipinski definition) is 4. The Bertz CT molecular complexity index is 1040. The van der Waals surface area contributed by atoms with Crippen molar-refractivity contribution in [2.24, 2.45) is 0 Å². The molecule has 0 aliphatic carbocycles. The van der Waals surface area contributed by atoms with Gasteiger partial charge in [-0.05, 0) is 42.0 Å². The summed E-state index contributed by atoms with van der Waals surface area (Å²) in [5.74, 6) is 1.13. The maximum atomic E-state index is 12.8. The highest BCUT2D eigenvalue weighted by atomic mass is 16.5. The Hall–Kier alpha value is -3.87. The molecule has 1 saturated heterocycles. The zero-order valence-corrected chi connectivity index (χ0v) is 16.6. The molecule has 4 rings (SSSR count). The molecule has 1 aromatic heterocycles. The van der Waals surface area contributed by atoms with Crippen LogP contribution in [0.4, 0.5) is 22.0 Å². The SMILES string of the molecule is COc1cccc(CC(=O)Nc2ccc(N3CCN(c4ccccc4)C3=O)nc2)c1. The van der Waals surface area contributed by atoms with Crippen LogP contribution in [-0.4, -0.2) is 37.1 Å². The van der Waals surface area contributed by atoms with Crippen LogP contribution in [-0.2, 0) is 11.2 Å². The van der Waals surface area contributed by atoms with Crippen molar-refractivity contribution in [2.45, 2.75) is 6.42 Å². The Morgan fingerprint density at radius 3 is 2.57 bits per heavy atom. The molecule has 1 aliphatic rings. The standard InChI is InChI=1S/C23H22N4O3/c1-30-20-9-5-6-17(14-20)15-22(28)25-18-10-11-21(24-16-18)27-13-12-26(23(27)29)19-7-3-2-4-8-19/h2-11,14,16H,12-13,15H2,1H3,(H,25,28). The summed E-state index contributed by atoms with van der Waals surface area (Å²) in [7, 11) is 1.59. The van der Waals surface area contributed by atoms with Crippen LogP contribution in [0.15, 0.2) is 72.9 Å². The minimum atomic E-state index is -0.148. The van der Waals surface area contributed by atoms with Gasteiger partial charge in [0.1, 0.15) is 11.6 Å². The summed E-state index contributed by atoms with van der Waals surface area (Å²) in [4.78, 5) is 32.8. The van der Waals surface area contributed by atoms with Gasteiger partial charge in [0.25, 0.3) is 0 Å². The molecule has 3 aromatic rings. The van der Waals surface area contributed by atoms with E-state index in [0.29, 0.717) is 30.3 Å². The van der Waals surface area contributed by atoms with E-state index in [1.807, 2.05) is 54.6 Å². The Morgan fingerprint density at radius 2 is 1.83 bits per heavy atom. The van der Waals surface area contributed by atoms with Gasteiger partial charge in [-0.3, -0.25) is 14.6 Å². The third-order valence-electron chi connectivity index (χ3n) is 4.88. The van der Waals surface area contributed by atoms with Crippen molar-refractivity contribution in [1.29, 1.82) is 0 Å². The molecule has 0 atom stereocenters. The van der Waals surface area contributed by atoms with Crippen LogP contribution < -0.4 is 19.9 Å². The monoisotopic (exact) mass is 402 g/mol. The van der Waals surface area contributed by atoms with Crippen molar-refractivity contribution in [2.75, 3.05) is 35.3 Å². The van der Waals surface area contributed by atoms with E-state index in [0.717, 1.165) is 11.3 Å². The summed E-state index contributed by atoms with van der Waals surface area (Å²) in [6.45, 7) is 1.16. The van der Waals surface area contributed by atoms with E-state index in [-0.39, 0.29) is 18.4 Å². The lowest BCUT2D eigenvalue weighted by molar-refractivity contribution is -0.115. The van der Waals surface area contributed by atoms with Gasteiger partial charge in [-0.2, -0.15) is 0 Å². The van der Waals surface area contributed by atoms with Crippen LogP contribution in [0.2, 0.25) is 0 Å². The summed E-state index contributed by atoms with van der Waals surface area (Å²) in [6, 6.07) is 20.3. The number of anilines is 3.